The van der Waals surface area contributed by atoms with Crippen molar-refractivity contribution in [3.05, 3.63) is 0 Å². The largest absolute Gasteiger partial charge is 0.482 e. The molecule has 0 aromatic carbocycles. The average molecular weight is 766 g/mol. The van der Waals surface area contributed by atoms with Crippen molar-refractivity contribution in [2.24, 2.45) is 0 Å². The lowest BCUT2D eigenvalue weighted by atomic mass is 10.0. The Morgan fingerprint density at radius 3 is 0.958 bits per heavy atom. The lowest BCUT2D eigenvalue weighted by molar-refractivity contribution is 0.0704. The van der Waals surface area contributed by atoms with E-state index in [-0.39, 0.29) is 0 Å². The highest BCUT2D eigenvalue weighted by atomic mass is 28.5. The van der Waals surface area contributed by atoms with Crippen LogP contribution in [-0.4, -0.2) is 101 Å². The molecule has 48 heavy (non-hydrogen) atoms. The van der Waals surface area contributed by atoms with Crippen LogP contribution in [0.3, 0.4) is 0 Å². The van der Waals surface area contributed by atoms with Crippen LogP contribution >= 0.6 is 0 Å². The van der Waals surface area contributed by atoms with Crippen molar-refractivity contribution < 1.29 is 29.7 Å². The molecule has 10 nitrogen and oxygen atoms in total. The minimum Gasteiger partial charge on any atom is -0.416 e. The Morgan fingerprint density at radius 2 is 0.708 bits per heavy atom. The molecule has 15 heteroatoms. The first kappa shape index (κ1) is 43.1. The first-order chi connectivity index (χ1) is 22.6. The molecule has 0 aromatic heterocycles. The van der Waals surface area contributed by atoms with Crippen LogP contribution in [0.5, 0.6) is 0 Å². The fraction of sp³-hybridized carbons (Fsp3) is 1.00. The summed E-state index contributed by atoms with van der Waals surface area (Å²) in [7, 11) is -13.8. The van der Waals surface area contributed by atoms with Gasteiger partial charge in [-0.2, -0.15) is 0 Å². The van der Waals surface area contributed by atoms with E-state index in [0.29, 0.717) is 37.9 Å². The Balaban J connectivity index is 1.73. The lowest BCUT2D eigenvalue weighted by Crippen LogP contribution is -2.64. The van der Waals surface area contributed by atoms with Gasteiger partial charge in [-0.25, -0.2) is 0 Å². The molecular formula is C33H75N3O7Si5. The second-order valence-electron chi connectivity index (χ2n) is 16.6. The van der Waals surface area contributed by atoms with Crippen molar-refractivity contribution >= 4 is 43.0 Å². The average Bonchev–Trinajstić information content (AvgIpc) is 2.99. The summed E-state index contributed by atoms with van der Waals surface area (Å²) in [5, 5.41) is 11.0. The summed E-state index contributed by atoms with van der Waals surface area (Å²) in [5.41, 5.74) is 0. The maximum Gasteiger partial charge on any atom is 0.482 e. The van der Waals surface area contributed by atoms with Gasteiger partial charge in [-0.15, -0.1) is 0 Å². The van der Waals surface area contributed by atoms with E-state index in [4.69, 9.17) is 29.7 Å². The Morgan fingerprint density at radius 1 is 0.417 bits per heavy atom. The fourth-order valence-electron chi connectivity index (χ4n) is 7.30. The third-order valence-corrected chi connectivity index (χ3v) is 25.1. The molecule has 3 aliphatic heterocycles. The van der Waals surface area contributed by atoms with Crippen molar-refractivity contribution in [1.29, 1.82) is 0 Å². The van der Waals surface area contributed by atoms with Gasteiger partial charge in [0, 0.05) is 57.6 Å². The first-order valence-corrected chi connectivity index (χ1v) is 33.0. The van der Waals surface area contributed by atoms with E-state index in [2.05, 4.69) is 55.2 Å². The van der Waals surface area contributed by atoms with Gasteiger partial charge in [0.2, 0.25) is 0 Å². The summed E-state index contributed by atoms with van der Waals surface area (Å²) in [6, 6.07) is 1.72. The summed E-state index contributed by atoms with van der Waals surface area (Å²) >= 11 is 0. The second-order valence-corrected chi connectivity index (χ2v) is 34.4. The quantitative estimate of drug-likeness (QED) is 0.0729. The third-order valence-electron chi connectivity index (χ3n) is 9.15. The van der Waals surface area contributed by atoms with Crippen molar-refractivity contribution in [2.75, 3.05) is 39.5 Å². The molecule has 5 unspecified atom stereocenters. The molecule has 3 saturated heterocycles. The lowest BCUT2D eigenvalue weighted by Gasteiger charge is -2.42. The Hall–Kier alpha value is 0.684. The van der Waals surface area contributed by atoms with Gasteiger partial charge in [0.25, 0.3) is 0 Å². The van der Waals surface area contributed by atoms with Gasteiger partial charge in [-0.3, -0.25) is 0 Å². The predicted octanol–water partition coefficient (Wildman–Crippen LogP) is 7.25. The Labute approximate surface area is 300 Å². The van der Waals surface area contributed by atoms with Crippen LogP contribution in [-0.2, 0) is 29.7 Å². The summed E-state index contributed by atoms with van der Waals surface area (Å²) in [4.78, 5) is 0. The minimum atomic E-state index is -3.37. The molecule has 5 atom stereocenters. The number of rotatable bonds is 23. The zero-order chi connectivity index (χ0) is 35.2. The van der Waals surface area contributed by atoms with Crippen LogP contribution in [0.2, 0.25) is 58.9 Å². The van der Waals surface area contributed by atoms with E-state index < -0.39 is 43.0 Å². The van der Waals surface area contributed by atoms with Crippen LogP contribution in [0.15, 0.2) is 0 Å². The van der Waals surface area contributed by atoms with Gasteiger partial charge < -0.3 is 45.7 Å². The molecule has 3 N–H and O–H groups in total. The van der Waals surface area contributed by atoms with Crippen LogP contribution in [0.1, 0.15) is 96.3 Å². The van der Waals surface area contributed by atoms with E-state index in [1.54, 1.807) is 0 Å². The molecule has 3 rings (SSSR count). The zero-order valence-corrected chi connectivity index (χ0v) is 37.4. The molecule has 0 bridgehead atoms. The summed E-state index contributed by atoms with van der Waals surface area (Å²) in [5.74, 6) is 0. The van der Waals surface area contributed by atoms with E-state index in [9.17, 15) is 0 Å². The van der Waals surface area contributed by atoms with Crippen molar-refractivity contribution in [1.82, 2.24) is 16.0 Å². The van der Waals surface area contributed by atoms with Gasteiger partial charge in [0.05, 0.1) is 0 Å². The molecule has 0 aromatic rings. The predicted molar refractivity (Wildman–Crippen MR) is 208 cm³/mol. The highest BCUT2D eigenvalue weighted by Crippen LogP contribution is 2.29. The first-order valence-electron chi connectivity index (χ1n) is 19.5. The van der Waals surface area contributed by atoms with Crippen molar-refractivity contribution in [2.45, 2.75) is 173 Å². The summed E-state index contributed by atoms with van der Waals surface area (Å²) < 4.78 is 47.9. The second kappa shape index (κ2) is 20.8. The molecule has 3 fully saturated rings. The van der Waals surface area contributed by atoms with E-state index >= 15 is 0 Å². The standard InChI is InChI=1S/C33H75N3O7Si5/c1-44(2,3)40-46(7,37-28-16-22-31-19-10-13-25-34-31)42-48(9,39-30-18-24-33-21-12-15-27-36-33)43-47(8,41-45(4,5)6)38-29-17-23-32-20-11-14-26-35-32/h31-36H,10-30H2,1-9H3. The van der Waals surface area contributed by atoms with Gasteiger partial charge in [-0.1, -0.05) is 19.3 Å². The Kier molecular flexibility index (Phi) is 18.7. The SMILES string of the molecule is C[Si](C)(C)O[Si](C)(OCCCC1CCCCN1)O[Si](C)(OCCCC1CCCCN1)O[Si](C)(OCCCC1CCCCN1)O[Si](C)(C)C. The van der Waals surface area contributed by atoms with Gasteiger partial charge in [0.15, 0.2) is 16.6 Å². The van der Waals surface area contributed by atoms with Crippen LogP contribution in [0, 0.1) is 0 Å². The topological polar surface area (TPSA) is 101 Å². The smallest absolute Gasteiger partial charge is 0.416 e. The minimum absolute atomic E-state index is 0.561. The molecule has 284 valence electrons. The van der Waals surface area contributed by atoms with Gasteiger partial charge in [0.1, 0.15) is 0 Å². The maximum atomic E-state index is 7.07. The molecule has 3 heterocycles. The highest BCUT2D eigenvalue weighted by Gasteiger charge is 2.55. The van der Waals surface area contributed by atoms with E-state index in [1.807, 2.05) is 19.6 Å². The summed E-state index contributed by atoms with van der Waals surface area (Å²) in [6.45, 7) is 24.5. The van der Waals surface area contributed by atoms with Crippen molar-refractivity contribution in [3.8, 4) is 0 Å². The van der Waals surface area contributed by atoms with Crippen LogP contribution in [0.4, 0.5) is 0 Å². The fourth-order valence-corrected chi connectivity index (χ4v) is 26.2. The van der Waals surface area contributed by atoms with Crippen LogP contribution < -0.4 is 16.0 Å². The van der Waals surface area contributed by atoms with Gasteiger partial charge in [-0.05, 0) is 136 Å². The molecule has 0 spiro atoms. The van der Waals surface area contributed by atoms with Crippen LogP contribution in [0.25, 0.3) is 0 Å². The maximum absolute atomic E-state index is 7.07. The number of hydrogen-bond acceptors (Lipinski definition) is 10. The molecule has 0 radical (unpaired) electrons. The third kappa shape index (κ3) is 18.4. The normalized spacial score (nSPS) is 26.8. The van der Waals surface area contributed by atoms with Gasteiger partial charge >= 0.3 is 26.4 Å². The van der Waals surface area contributed by atoms with E-state index in [1.165, 1.54) is 57.8 Å². The zero-order valence-electron chi connectivity index (χ0n) is 32.4. The van der Waals surface area contributed by atoms with E-state index in [0.717, 1.165) is 58.2 Å². The molecule has 0 saturated carbocycles. The Bertz CT molecular complexity index is 831. The number of nitrogens with one attached hydrogen (secondary N) is 3. The monoisotopic (exact) mass is 765 g/mol. The molecule has 0 aliphatic carbocycles. The summed E-state index contributed by atoms with van der Waals surface area (Å²) in [6.07, 6.45) is 17.7. The number of hydrogen-bond donors (Lipinski definition) is 3. The number of piperidine rings is 3. The van der Waals surface area contributed by atoms with Crippen molar-refractivity contribution in [3.63, 3.8) is 0 Å². The highest BCUT2D eigenvalue weighted by molar-refractivity contribution is 6.86. The molecule has 3 aliphatic rings. The molecule has 0 amide bonds. The molecular weight excluding hydrogens is 691 g/mol.